The first-order chi connectivity index (χ1) is 14.2. The Hall–Kier alpha value is -2.27. The van der Waals surface area contributed by atoms with Crippen molar-refractivity contribution < 1.29 is 13.2 Å². The number of nitrogens with zero attached hydrogens (tertiary/aromatic N) is 1. The average Bonchev–Trinajstić information content (AvgIpc) is 3.00. The molecule has 2 aromatic carbocycles. The second kappa shape index (κ2) is 6.61. The highest BCUT2D eigenvalue weighted by molar-refractivity contribution is 5.86. The second-order valence-electron chi connectivity index (χ2n) is 9.58. The first kappa shape index (κ1) is 19.7. The van der Waals surface area contributed by atoms with Gasteiger partial charge in [-0.15, -0.1) is 0 Å². The molecule has 5 heteroatoms. The van der Waals surface area contributed by atoms with Gasteiger partial charge in [-0.3, -0.25) is 4.90 Å². The lowest BCUT2D eigenvalue weighted by atomic mass is 9.68. The number of halogens is 3. The number of hydrogen-bond acceptors (Lipinski definition) is 1. The monoisotopic (exact) mass is 412 g/mol. The van der Waals surface area contributed by atoms with Crippen LogP contribution in [0.5, 0.6) is 0 Å². The Kier molecular flexibility index (Phi) is 4.34. The molecule has 2 nitrogen and oxygen atoms in total. The van der Waals surface area contributed by atoms with E-state index in [1.54, 1.807) is 20.8 Å². The van der Waals surface area contributed by atoms with Crippen molar-refractivity contribution in [3.05, 3.63) is 70.4 Å². The molecule has 3 aromatic rings. The van der Waals surface area contributed by atoms with Gasteiger partial charge in [0.05, 0.1) is 5.54 Å². The number of aromatic nitrogens is 1. The van der Waals surface area contributed by atoms with Gasteiger partial charge in [0, 0.05) is 34.7 Å². The molecular weight excluding hydrogens is 385 g/mol. The average molecular weight is 412 g/mol. The van der Waals surface area contributed by atoms with Crippen LogP contribution in [0.25, 0.3) is 10.9 Å². The first-order valence-corrected chi connectivity index (χ1v) is 10.7. The minimum atomic E-state index is -1.48. The predicted molar refractivity (Wildman–Crippen MR) is 113 cm³/mol. The lowest BCUT2D eigenvalue weighted by molar-refractivity contribution is -0.0313. The van der Waals surface area contributed by atoms with Gasteiger partial charge in [-0.05, 0) is 75.8 Å². The van der Waals surface area contributed by atoms with Crippen LogP contribution in [0, 0.1) is 18.6 Å². The molecule has 1 fully saturated rings. The van der Waals surface area contributed by atoms with Crippen LogP contribution in [0.4, 0.5) is 13.2 Å². The quantitative estimate of drug-likeness (QED) is 0.546. The third kappa shape index (κ3) is 2.82. The van der Waals surface area contributed by atoms with E-state index in [2.05, 4.69) is 11.1 Å². The summed E-state index contributed by atoms with van der Waals surface area (Å²) < 4.78 is 45.9. The van der Waals surface area contributed by atoms with Gasteiger partial charge in [-0.1, -0.05) is 18.2 Å². The van der Waals surface area contributed by atoms with Crippen molar-refractivity contribution >= 4 is 10.9 Å². The molecule has 5 rings (SSSR count). The number of aromatic amines is 1. The molecule has 2 aliphatic rings. The highest BCUT2D eigenvalue weighted by Gasteiger charge is 2.55. The van der Waals surface area contributed by atoms with Gasteiger partial charge in [-0.25, -0.2) is 13.2 Å². The summed E-state index contributed by atoms with van der Waals surface area (Å²) in [6, 6.07) is 10.8. The van der Waals surface area contributed by atoms with Crippen molar-refractivity contribution in [2.45, 2.75) is 63.7 Å². The van der Waals surface area contributed by atoms with Gasteiger partial charge >= 0.3 is 0 Å². The number of nitrogens with one attached hydrogen (secondary N) is 1. The van der Waals surface area contributed by atoms with E-state index in [0.29, 0.717) is 12.0 Å². The Morgan fingerprint density at radius 2 is 1.87 bits per heavy atom. The van der Waals surface area contributed by atoms with Crippen LogP contribution in [0.1, 0.15) is 55.5 Å². The van der Waals surface area contributed by atoms with Crippen LogP contribution in [0.15, 0.2) is 36.4 Å². The molecule has 1 saturated heterocycles. The summed E-state index contributed by atoms with van der Waals surface area (Å²) in [5.41, 5.74) is 0.968. The van der Waals surface area contributed by atoms with Gasteiger partial charge in [0.1, 0.15) is 17.3 Å². The van der Waals surface area contributed by atoms with Crippen molar-refractivity contribution in [3.8, 4) is 0 Å². The van der Waals surface area contributed by atoms with Crippen molar-refractivity contribution in [3.63, 3.8) is 0 Å². The Morgan fingerprint density at radius 3 is 2.57 bits per heavy atom. The van der Waals surface area contributed by atoms with E-state index in [1.165, 1.54) is 12.1 Å². The summed E-state index contributed by atoms with van der Waals surface area (Å²) in [4.78, 5) is 5.54. The minimum absolute atomic E-state index is 0.0422. The molecule has 0 unspecified atom stereocenters. The molecule has 1 aromatic heterocycles. The molecule has 2 atom stereocenters. The first-order valence-electron chi connectivity index (χ1n) is 10.7. The van der Waals surface area contributed by atoms with Crippen molar-refractivity contribution in [2.75, 3.05) is 6.54 Å². The van der Waals surface area contributed by atoms with Gasteiger partial charge in [0.25, 0.3) is 0 Å². The maximum Gasteiger partial charge on any atom is 0.131 e. The molecule has 0 saturated carbocycles. The molecular formula is C25H27F3N2. The van der Waals surface area contributed by atoms with Crippen molar-refractivity contribution in [1.82, 2.24) is 9.88 Å². The third-order valence-corrected chi connectivity index (χ3v) is 6.82. The topological polar surface area (TPSA) is 19.0 Å². The smallest absolute Gasteiger partial charge is 0.131 e. The van der Waals surface area contributed by atoms with Crippen molar-refractivity contribution in [2.24, 2.45) is 0 Å². The van der Waals surface area contributed by atoms with Crippen LogP contribution in [-0.2, 0) is 12.0 Å². The van der Waals surface area contributed by atoms with Crippen LogP contribution < -0.4 is 0 Å². The highest BCUT2D eigenvalue weighted by atomic mass is 19.1. The Morgan fingerprint density at radius 1 is 1.17 bits per heavy atom. The van der Waals surface area contributed by atoms with Gasteiger partial charge in [-0.2, -0.15) is 0 Å². The second-order valence-corrected chi connectivity index (χ2v) is 9.58. The molecule has 3 heterocycles. The van der Waals surface area contributed by atoms with E-state index in [-0.39, 0.29) is 18.2 Å². The zero-order valence-electron chi connectivity index (χ0n) is 17.7. The summed E-state index contributed by atoms with van der Waals surface area (Å²) in [6.07, 6.45) is 3.05. The van der Waals surface area contributed by atoms with E-state index in [0.717, 1.165) is 41.4 Å². The van der Waals surface area contributed by atoms with Crippen LogP contribution >= 0.6 is 0 Å². The fourth-order valence-electron chi connectivity index (χ4n) is 5.84. The number of H-pyrrole nitrogens is 1. The summed E-state index contributed by atoms with van der Waals surface area (Å²) in [5, 5.41) is 1.09. The molecule has 30 heavy (non-hydrogen) atoms. The van der Waals surface area contributed by atoms with Crippen LogP contribution in [0.2, 0.25) is 0 Å². The Bertz CT molecular complexity index is 1100. The number of alkyl halides is 1. The van der Waals surface area contributed by atoms with Crippen LogP contribution in [0.3, 0.4) is 0 Å². The fraction of sp³-hybridized carbons (Fsp3) is 0.440. The molecule has 0 aliphatic carbocycles. The van der Waals surface area contributed by atoms with Gasteiger partial charge in [0.15, 0.2) is 0 Å². The zero-order chi connectivity index (χ0) is 21.3. The van der Waals surface area contributed by atoms with E-state index in [4.69, 9.17) is 0 Å². The number of aryl methyl sites for hydroxylation is 1. The van der Waals surface area contributed by atoms with Crippen molar-refractivity contribution in [1.29, 1.82) is 0 Å². The number of rotatable bonds is 3. The zero-order valence-corrected chi connectivity index (χ0v) is 17.7. The van der Waals surface area contributed by atoms with Gasteiger partial charge in [0.2, 0.25) is 0 Å². The van der Waals surface area contributed by atoms with Crippen LogP contribution in [-0.4, -0.2) is 28.1 Å². The Labute approximate surface area is 175 Å². The molecule has 0 spiro atoms. The van der Waals surface area contributed by atoms with E-state index < -0.39 is 22.8 Å². The molecule has 2 aliphatic heterocycles. The normalized spacial score (nSPS) is 24.3. The number of fused-ring (bicyclic) bond motifs is 6. The minimum Gasteiger partial charge on any atom is -0.356 e. The summed E-state index contributed by atoms with van der Waals surface area (Å²) in [6.45, 7) is 4.90. The summed E-state index contributed by atoms with van der Waals surface area (Å²) in [5.74, 6) is -1.11. The molecule has 158 valence electrons. The highest BCUT2D eigenvalue weighted by Crippen LogP contribution is 2.53. The molecule has 1 N–H and O–H groups in total. The maximum absolute atomic E-state index is 15.5. The number of benzene rings is 2. The summed E-state index contributed by atoms with van der Waals surface area (Å²) in [7, 11) is 0. The number of para-hydroxylation sites is 1. The van der Waals surface area contributed by atoms with E-state index >= 15 is 8.78 Å². The van der Waals surface area contributed by atoms with E-state index in [9.17, 15) is 4.39 Å². The predicted octanol–water partition coefficient (Wildman–Crippen LogP) is 6.16. The third-order valence-electron chi connectivity index (χ3n) is 6.82. The molecule has 0 amide bonds. The fourth-order valence-corrected chi connectivity index (χ4v) is 5.84. The molecule has 2 bridgehead atoms. The SMILES string of the molecule is Cc1cc(F)c([C@]23CCC[C@H](Cc4c2[nH]c2ccccc42)N3CC(C)(C)F)c(F)c1. The Balaban J connectivity index is 1.86. The number of piperidine rings is 1. The summed E-state index contributed by atoms with van der Waals surface area (Å²) >= 11 is 0. The largest absolute Gasteiger partial charge is 0.356 e. The lowest BCUT2D eigenvalue weighted by Crippen LogP contribution is -2.62. The lowest BCUT2D eigenvalue weighted by Gasteiger charge is -2.56. The van der Waals surface area contributed by atoms with E-state index in [1.807, 2.05) is 23.1 Å². The maximum atomic E-state index is 15.5. The molecule has 0 radical (unpaired) electrons. The standard InChI is InChI=1S/C25H27F3N2/c1-15-11-19(26)22(20(27)12-15)25-10-6-7-16(30(25)14-24(2,3)28)13-18-17-8-4-5-9-21(17)29-23(18)25/h4-5,8-9,11-12,16,29H,6-7,10,13-14H2,1-3H3/t16-,25-/m1/s1. The van der Waals surface area contributed by atoms with Gasteiger partial charge < -0.3 is 4.98 Å². The number of hydrogen-bond donors (Lipinski definition) is 1.